The van der Waals surface area contributed by atoms with E-state index in [1.54, 1.807) is 58.0 Å². The fourth-order valence-electron chi connectivity index (χ4n) is 3.55. The van der Waals surface area contributed by atoms with Crippen LogP contribution >= 0.6 is 7.60 Å². The number of aromatic nitrogens is 4. The van der Waals surface area contributed by atoms with Crippen molar-refractivity contribution >= 4 is 36.4 Å². The van der Waals surface area contributed by atoms with E-state index in [0.29, 0.717) is 23.2 Å². The number of hydrogen-bond donors (Lipinski definition) is 0. The van der Waals surface area contributed by atoms with Gasteiger partial charge >= 0.3 is 7.60 Å². The van der Waals surface area contributed by atoms with Crippen molar-refractivity contribution < 1.29 is 28.0 Å². The van der Waals surface area contributed by atoms with Crippen LogP contribution in [0, 0.1) is 0 Å². The standard InChI is InChI=1S/C23H26N5O6P/c1-15(2)33-35(31,34-16(3)4)12-8-7-11-32-27-14-26-19-20(27)24-13-25-21(19)28-22(29)17-9-5-6-10-18(17)23(28)30/h5-6,8-10,12-16H,7,11H2,1-4H3. The van der Waals surface area contributed by atoms with Gasteiger partial charge in [-0.2, -0.15) is 4.73 Å². The van der Waals surface area contributed by atoms with Gasteiger partial charge in [-0.25, -0.2) is 19.9 Å². The van der Waals surface area contributed by atoms with Crippen molar-refractivity contribution in [1.82, 2.24) is 19.7 Å². The third-order valence-electron chi connectivity index (χ3n) is 4.81. The van der Waals surface area contributed by atoms with Crippen LogP contribution in [0.15, 0.2) is 48.8 Å². The highest BCUT2D eigenvalue weighted by atomic mass is 31.2. The number of anilines is 1. The Morgan fingerprint density at radius 3 is 2.20 bits per heavy atom. The lowest BCUT2D eigenvalue weighted by molar-refractivity contribution is 0.0925. The third kappa shape index (κ3) is 5.17. The second kappa shape index (κ2) is 10.1. The smallest absolute Gasteiger partial charge is 0.354 e. The van der Waals surface area contributed by atoms with E-state index in [-0.39, 0.29) is 30.1 Å². The van der Waals surface area contributed by atoms with Gasteiger partial charge in [0.1, 0.15) is 19.3 Å². The van der Waals surface area contributed by atoms with Gasteiger partial charge < -0.3 is 13.9 Å². The molecule has 1 aliphatic rings. The average Bonchev–Trinajstić information content (AvgIpc) is 3.31. The molecule has 1 aliphatic heterocycles. The number of carbonyl (C=O) groups excluding carboxylic acids is 2. The molecule has 0 aliphatic carbocycles. The first-order valence-corrected chi connectivity index (χ1v) is 12.7. The molecule has 2 aromatic heterocycles. The zero-order valence-corrected chi connectivity index (χ0v) is 20.7. The molecule has 4 rings (SSSR count). The molecule has 0 radical (unpaired) electrons. The minimum absolute atomic E-state index is 0.0843. The van der Waals surface area contributed by atoms with E-state index in [9.17, 15) is 14.2 Å². The van der Waals surface area contributed by atoms with E-state index >= 15 is 0 Å². The second-order valence-corrected chi connectivity index (χ2v) is 10.1. The Balaban J connectivity index is 1.47. The second-order valence-electron chi connectivity index (χ2n) is 8.29. The van der Waals surface area contributed by atoms with Gasteiger partial charge in [-0.05, 0) is 39.8 Å². The maximum absolute atomic E-state index is 12.8. The molecule has 3 heterocycles. The molecule has 0 saturated heterocycles. The van der Waals surface area contributed by atoms with E-state index < -0.39 is 19.4 Å². The summed E-state index contributed by atoms with van der Waals surface area (Å²) in [4.78, 5) is 45.0. The van der Waals surface area contributed by atoms with Crippen molar-refractivity contribution in [2.24, 2.45) is 0 Å². The lowest BCUT2D eigenvalue weighted by Crippen LogP contribution is -2.30. The van der Waals surface area contributed by atoms with Gasteiger partial charge in [0.2, 0.25) is 5.65 Å². The van der Waals surface area contributed by atoms with Crippen molar-refractivity contribution in [3.05, 3.63) is 59.9 Å². The van der Waals surface area contributed by atoms with Gasteiger partial charge in [0, 0.05) is 12.2 Å². The summed E-state index contributed by atoms with van der Waals surface area (Å²) >= 11 is 0. The first-order valence-electron chi connectivity index (χ1n) is 11.1. The van der Waals surface area contributed by atoms with Crippen LogP contribution < -0.4 is 9.74 Å². The molecule has 0 N–H and O–H groups in total. The number of fused-ring (bicyclic) bond motifs is 2. The summed E-state index contributed by atoms with van der Waals surface area (Å²) in [5.41, 5.74) is 1.17. The van der Waals surface area contributed by atoms with Crippen molar-refractivity contribution in [3.8, 4) is 0 Å². The Bertz CT molecular complexity index is 1290. The maximum Gasteiger partial charge on any atom is 0.354 e. The van der Waals surface area contributed by atoms with E-state index in [4.69, 9.17) is 13.9 Å². The van der Waals surface area contributed by atoms with Gasteiger partial charge in [-0.15, -0.1) is 0 Å². The van der Waals surface area contributed by atoms with Crippen LogP contribution in [-0.2, 0) is 13.6 Å². The highest BCUT2D eigenvalue weighted by molar-refractivity contribution is 7.57. The summed E-state index contributed by atoms with van der Waals surface area (Å²) in [7, 11) is -3.37. The van der Waals surface area contributed by atoms with Crippen LogP contribution in [0.25, 0.3) is 11.2 Å². The largest absolute Gasteiger partial charge is 0.410 e. The zero-order valence-electron chi connectivity index (χ0n) is 19.8. The third-order valence-corrected chi connectivity index (χ3v) is 6.82. The molecule has 0 fully saturated rings. The molecular weight excluding hydrogens is 473 g/mol. The highest BCUT2D eigenvalue weighted by Crippen LogP contribution is 2.52. The van der Waals surface area contributed by atoms with Gasteiger partial charge in [-0.3, -0.25) is 14.2 Å². The summed E-state index contributed by atoms with van der Waals surface area (Å²) < 4.78 is 25.1. The fourth-order valence-corrected chi connectivity index (χ4v) is 5.32. The van der Waals surface area contributed by atoms with Crippen LogP contribution in [0.1, 0.15) is 54.8 Å². The minimum atomic E-state index is -3.37. The summed E-state index contributed by atoms with van der Waals surface area (Å²) in [5.74, 6) is 0.581. The van der Waals surface area contributed by atoms with Gasteiger partial charge in [-0.1, -0.05) is 18.2 Å². The molecule has 0 spiro atoms. The van der Waals surface area contributed by atoms with Crippen molar-refractivity contribution in [3.63, 3.8) is 0 Å². The molecule has 2 amide bonds. The molecule has 12 heteroatoms. The minimum Gasteiger partial charge on any atom is -0.410 e. The van der Waals surface area contributed by atoms with Crippen LogP contribution in [0.5, 0.6) is 0 Å². The number of hydrogen-bond acceptors (Lipinski definition) is 9. The molecule has 0 atom stereocenters. The number of benzene rings is 1. The van der Waals surface area contributed by atoms with E-state index in [1.807, 2.05) is 0 Å². The lowest BCUT2D eigenvalue weighted by atomic mass is 10.1. The topological polar surface area (TPSA) is 126 Å². The number of carbonyl (C=O) groups is 2. The summed E-state index contributed by atoms with van der Waals surface area (Å²) in [6, 6.07) is 6.59. The van der Waals surface area contributed by atoms with Gasteiger partial charge in [0.05, 0.1) is 23.3 Å². The summed E-state index contributed by atoms with van der Waals surface area (Å²) in [5, 5.41) is 0. The first kappa shape index (κ1) is 24.7. The van der Waals surface area contributed by atoms with Crippen LogP contribution in [0.3, 0.4) is 0 Å². The van der Waals surface area contributed by atoms with E-state index in [0.717, 1.165) is 4.90 Å². The molecule has 0 unspecified atom stereocenters. The predicted molar refractivity (Wildman–Crippen MR) is 128 cm³/mol. The Morgan fingerprint density at radius 2 is 1.60 bits per heavy atom. The molecule has 184 valence electrons. The maximum atomic E-state index is 12.8. The molecule has 1 aromatic carbocycles. The highest BCUT2D eigenvalue weighted by Gasteiger charge is 2.38. The molecule has 0 bridgehead atoms. The first-order chi connectivity index (χ1) is 16.7. The lowest BCUT2D eigenvalue weighted by Gasteiger charge is -2.19. The Kier molecular flexibility index (Phi) is 7.11. The normalized spacial score (nSPS) is 14.2. The fraction of sp³-hybridized carbons (Fsp3) is 0.348. The Labute approximate surface area is 202 Å². The Hall–Kier alpha value is -3.40. The van der Waals surface area contributed by atoms with Crippen molar-refractivity contribution in [2.45, 2.75) is 46.3 Å². The average molecular weight is 499 g/mol. The monoisotopic (exact) mass is 499 g/mol. The molecule has 11 nitrogen and oxygen atoms in total. The molecule has 0 saturated carbocycles. The van der Waals surface area contributed by atoms with E-state index in [1.165, 1.54) is 23.2 Å². The summed E-state index contributed by atoms with van der Waals surface area (Å²) in [6.45, 7) is 7.35. The van der Waals surface area contributed by atoms with Crippen molar-refractivity contribution in [2.75, 3.05) is 11.5 Å². The molecule has 3 aromatic rings. The van der Waals surface area contributed by atoms with Crippen LogP contribution in [0.2, 0.25) is 0 Å². The predicted octanol–water partition coefficient (Wildman–Crippen LogP) is 4.00. The number of nitrogens with zero attached hydrogens (tertiary/aromatic N) is 5. The van der Waals surface area contributed by atoms with Crippen LogP contribution in [0.4, 0.5) is 5.82 Å². The number of imidazole rings is 1. The van der Waals surface area contributed by atoms with Gasteiger partial charge in [0.15, 0.2) is 11.3 Å². The zero-order chi connectivity index (χ0) is 25.2. The van der Waals surface area contributed by atoms with Crippen molar-refractivity contribution in [1.29, 1.82) is 0 Å². The number of rotatable bonds is 10. The Morgan fingerprint density at radius 1 is 0.971 bits per heavy atom. The molecule has 35 heavy (non-hydrogen) atoms. The quantitative estimate of drug-likeness (QED) is 0.231. The van der Waals surface area contributed by atoms with Crippen LogP contribution in [-0.4, -0.2) is 50.3 Å². The SMILES string of the molecule is CC(C)OP(=O)(C=CCCOn1cnc2c(N3C(=O)c4ccccc4C3=O)ncnc21)OC(C)C. The summed E-state index contributed by atoms with van der Waals surface area (Å²) in [6.07, 6.45) is 4.19. The molecular formula is C23H26N5O6P. The van der Waals surface area contributed by atoms with Gasteiger partial charge in [0.25, 0.3) is 11.8 Å². The number of amides is 2. The van der Waals surface area contributed by atoms with E-state index in [2.05, 4.69) is 15.0 Å². The number of imide groups is 1.